The van der Waals surface area contributed by atoms with Crippen LogP contribution in [0.2, 0.25) is 0 Å². The number of nitrogens with two attached hydrogens (primary N) is 1. The van der Waals surface area contributed by atoms with E-state index in [-0.39, 0.29) is 44.1 Å². The van der Waals surface area contributed by atoms with Crippen LogP contribution < -0.4 is 26.0 Å². The molecule has 0 aromatic heterocycles. The second-order valence-electron chi connectivity index (χ2n) is 5.42. The van der Waals surface area contributed by atoms with Gasteiger partial charge in [-0.2, -0.15) is 0 Å². The van der Waals surface area contributed by atoms with E-state index in [1.54, 1.807) is 0 Å². The van der Waals surface area contributed by atoms with Crippen LogP contribution >= 0.6 is 12.4 Å². The average molecular weight is 411 g/mol. The summed E-state index contributed by atoms with van der Waals surface area (Å²) in [4.78, 5) is 36.4. The number of nitrogens with zero attached hydrogens (tertiary/aromatic N) is 1. The zero-order valence-electron chi connectivity index (χ0n) is 13.9. The van der Waals surface area contributed by atoms with Gasteiger partial charge in [-0.05, 0) is 18.6 Å². The number of ether oxygens (including phenoxy) is 1. The van der Waals surface area contributed by atoms with Gasteiger partial charge in [-0.1, -0.05) is 6.07 Å². The van der Waals surface area contributed by atoms with Crippen LogP contribution in [0.3, 0.4) is 0 Å². The van der Waals surface area contributed by atoms with E-state index < -0.39 is 35.9 Å². The predicted octanol–water partition coefficient (Wildman–Crippen LogP) is 0.303. The molecular weight excluding hydrogens is 393 g/mol. The van der Waals surface area contributed by atoms with Gasteiger partial charge in [0.1, 0.15) is 11.8 Å². The average Bonchev–Trinajstić information content (AvgIpc) is 2.92. The molecule has 0 saturated carbocycles. The minimum absolute atomic E-state index is 0. The molecule has 1 unspecified atom stereocenters. The SMILES string of the molecule is Cl.NCC(=O)NCC(=O)NC1CCN(c2cccc(OC(F)(F)F)c2)C1=O. The molecule has 1 aliphatic heterocycles. The first-order chi connectivity index (χ1) is 12.2. The van der Waals surface area contributed by atoms with E-state index >= 15 is 0 Å². The number of benzene rings is 1. The van der Waals surface area contributed by atoms with Gasteiger partial charge in [0.05, 0.1) is 13.1 Å². The van der Waals surface area contributed by atoms with Crippen molar-refractivity contribution >= 4 is 35.8 Å². The van der Waals surface area contributed by atoms with E-state index in [4.69, 9.17) is 5.73 Å². The molecule has 2 rings (SSSR count). The van der Waals surface area contributed by atoms with Crippen molar-refractivity contribution in [2.45, 2.75) is 18.8 Å². The molecule has 3 amide bonds. The van der Waals surface area contributed by atoms with Gasteiger partial charge < -0.3 is 26.0 Å². The zero-order chi connectivity index (χ0) is 19.3. The van der Waals surface area contributed by atoms with Gasteiger partial charge in [-0.15, -0.1) is 25.6 Å². The largest absolute Gasteiger partial charge is 0.573 e. The Kier molecular flexibility index (Phi) is 7.85. The number of carbonyl (C=O) groups excluding carboxylic acids is 3. The third-order valence-electron chi connectivity index (χ3n) is 3.54. The van der Waals surface area contributed by atoms with Gasteiger partial charge in [-0.3, -0.25) is 14.4 Å². The van der Waals surface area contributed by atoms with Crippen molar-refractivity contribution in [3.63, 3.8) is 0 Å². The maximum atomic E-state index is 12.4. The van der Waals surface area contributed by atoms with Crippen molar-refractivity contribution in [2.24, 2.45) is 5.73 Å². The summed E-state index contributed by atoms with van der Waals surface area (Å²) in [5.41, 5.74) is 5.32. The molecule has 1 aliphatic rings. The number of amides is 3. The number of nitrogens with one attached hydrogen (secondary N) is 2. The molecule has 1 saturated heterocycles. The van der Waals surface area contributed by atoms with Crippen LogP contribution in [-0.4, -0.2) is 49.8 Å². The highest BCUT2D eigenvalue weighted by Gasteiger charge is 2.35. The van der Waals surface area contributed by atoms with Crippen LogP contribution in [0.25, 0.3) is 0 Å². The topological polar surface area (TPSA) is 114 Å². The Labute approximate surface area is 158 Å². The number of alkyl halides is 3. The van der Waals surface area contributed by atoms with Gasteiger partial charge in [0, 0.05) is 18.3 Å². The van der Waals surface area contributed by atoms with Crippen LogP contribution in [0.1, 0.15) is 6.42 Å². The summed E-state index contributed by atoms with van der Waals surface area (Å²) in [6, 6.07) is 4.18. The summed E-state index contributed by atoms with van der Waals surface area (Å²) in [7, 11) is 0. The third kappa shape index (κ3) is 6.61. The van der Waals surface area contributed by atoms with Gasteiger partial charge in [-0.25, -0.2) is 0 Å². The standard InChI is InChI=1S/C15H17F3N4O4.ClH/c16-15(17,18)26-10-3-1-2-9(6-10)22-5-4-11(14(22)25)21-13(24)8-20-12(23)7-19;/h1-3,6,11H,4-5,7-8,19H2,(H,20,23)(H,21,24);1H. The zero-order valence-corrected chi connectivity index (χ0v) is 14.7. The Balaban J connectivity index is 0.00000364. The predicted molar refractivity (Wildman–Crippen MR) is 91.3 cm³/mol. The first-order valence-corrected chi connectivity index (χ1v) is 7.63. The van der Waals surface area contributed by atoms with E-state index in [1.165, 1.54) is 17.0 Å². The highest BCUT2D eigenvalue weighted by molar-refractivity contribution is 6.01. The summed E-state index contributed by atoms with van der Waals surface area (Å²) in [5.74, 6) is -1.99. The fourth-order valence-corrected chi connectivity index (χ4v) is 2.42. The van der Waals surface area contributed by atoms with Gasteiger partial charge >= 0.3 is 6.36 Å². The van der Waals surface area contributed by atoms with Crippen molar-refractivity contribution in [2.75, 3.05) is 24.5 Å². The molecule has 1 aromatic carbocycles. The van der Waals surface area contributed by atoms with E-state index in [1.807, 2.05) is 0 Å². The number of rotatable bonds is 6. The van der Waals surface area contributed by atoms with Crippen molar-refractivity contribution in [3.05, 3.63) is 24.3 Å². The highest BCUT2D eigenvalue weighted by Crippen LogP contribution is 2.29. The van der Waals surface area contributed by atoms with E-state index in [0.29, 0.717) is 0 Å². The molecule has 0 aliphatic carbocycles. The molecular formula is C15H18ClF3N4O4. The molecule has 8 nitrogen and oxygen atoms in total. The van der Waals surface area contributed by atoms with Crippen LogP contribution in [0.15, 0.2) is 24.3 Å². The number of anilines is 1. The Morgan fingerprint density at radius 1 is 1.30 bits per heavy atom. The highest BCUT2D eigenvalue weighted by atomic mass is 35.5. The second kappa shape index (κ2) is 9.42. The normalized spacial score (nSPS) is 16.5. The number of hydrogen-bond acceptors (Lipinski definition) is 5. The minimum atomic E-state index is -4.84. The Morgan fingerprint density at radius 3 is 2.63 bits per heavy atom. The molecule has 1 atom stereocenters. The molecule has 12 heteroatoms. The van der Waals surface area contributed by atoms with Crippen LogP contribution in [0, 0.1) is 0 Å². The molecule has 1 heterocycles. The molecule has 4 N–H and O–H groups in total. The van der Waals surface area contributed by atoms with E-state index in [0.717, 1.165) is 12.1 Å². The molecule has 1 aromatic rings. The first-order valence-electron chi connectivity index (χ1n) is 7.63. The molecule has 150 valence electrons. The summed E-state index contributed by atoms with van der Waals surface area (Å²) in [6.45, 7) is -0.372. The second-order valence-corrected chi connectivity index (χ2v) is 5.42. The van der Waals surface area contributed by atoms with Crippen LogP contribution in [0.4, 0.5) is 18.9 Å². The summed E-state index contributed by atoms with van der Waals surface area (Å²) in [5, 5.41) is 4.73. The lowest BCUT2D eigenvalue weighted by Gasteiger charge is -2.18. The van der Waals surface area contributed by atoms with Crippen molar-refractivity contribution in [3.8, 4) is 5.75 Å². The third-order valence-corrected chi connectivity index (χ3v) is 3.54. The lowest BCUT2D eigenvalue weighted by atomic mass is 10.2. The minimum Gasteiger partial charge on any atom is -0.406 e. The summed E-state index contributed by atoms with van der Waals surface area (Å²) in [6.07, 6.45) is -4.56. The van der Waals surface area contributed by atoms with Crippen LogP contribution in [-0.2, 0) is 14.4 Å². The fraction of sp³-hybridized carbons (Fsp3) is 0.400. The summed E-state index contributed by atoms with van der Waals surface area (Å²) < 4.78 is 40.7. The van der Waals surface area contributed by atoms with E-state index in [2.05, 4.69) is 15.4 Å². The monoisotopic (exact) mass is 410 g/mol. The molecule has 0 bridgehead atoms. The first kappa shape index (κ1) is 22.5. The maximum absolute atomic E-state index is 12.4. The van der Waals surface area contributed by atoms with Gasteiger partial charge in [0.2, 0.25) is 17.7 Å². The Morgan fingerprint density at radius 2 is 2.00 bits per heavy atom. The molecule has 27 heavy (non-hydrogen) atoms. The lowest BCUT2D eigenvalue weighted by Crippen LogP contribution is -2.46. The van der Waals surface area contributed by atoms with Crippen LogP contribution in [0.5, 0.6) is 5.75 Å². The van der Waals surface area contributed by atoms with Crippen molar-refractivity contribution in [1.29, 1.82) is 0 Å². The van der Waals surface area contributed by atoms with Gasteiger partial charge in [0.15, 0.2) is 0 Å². The molecule has 0 radical (unpaired) electrons. The molecule has 1 fully saturated rings. The number of carbonyl (C=O) groups is 3. The van der Waals surface area contributed by atoms with Crippen molar-refractivity contribution in [1.82, 2.24) is 10.6 Å². The van der Waals surface area contributed by atoms with Gasteiger partial charge in [0.25, 0.3) is 0 Å². The van der Waals surface area contributed by atoms with E-state index in [9.17, 15) is 27.6 Å². The fourth-order valence-electron chi connectivity index (χ4n) is 2.42. The van der Waals surface area contributed by atoms with Crippen molar-refractivity contribution < 1.29 is 32.3 Å². The maximum Gasteiger partial charge on any atom is 0.573 e. The quantitative estimate of drug-likeness (QED) is 0.624. The smallest absolute Gasteiger partial charge is 0.406 e. The Hall–Kier alpha value is -2.53. The lowest BCUT2D eigenvalue weighted by molar-refractivity contribution is -0.274. The Bertz CT molecular complexity index is 702. The summed E-state index contributed by atoms with van der Waals surface area (Å²) >= 11 is 0. The number of hydrogen-bond donors (Lipinski definition) is 3. The number of halogens is 4. The molecule has 0 spiro atoms.